The summed E-state index contributed by atoms with van der Waals surface area (Å²) >= 11 is 0. The van der Waals surface area contributed by atoms with Gasteiger partial charge in [0.1, 0.15) is 0 Å². The summed E-state index contributed by atoms with van der Waals surface area (Å²) in [5, 5.41) is 0. The molecule has 0 heterocycles. The second-order valence-corrected chi connectivity index (χ2v) is 5.08. The van der Waals surface area contributed by atoms with Crippen molar-refractivity contribution in [3.63, 3.8) is 0 Å². The molecule has 68 valence electrons. The molecule has 0 radical (unpaired) electrons. The van der Waals surface area contributed by atoms with Crippen LogP contribution in [0.1, 0.15) is 53.9 Å². The van der Waals surface area contributed by atoms with E-state index in [0.717, 1.165) is 6.42 Å². The molecule has 0 amide bonds. The molecule has 0 spiro atoms. The lowest BCUT2D eigenvalue weighted by Crippen LogP contribution is -2.37. The third-order valence-electron chi connectivity index (χ3n) is 1.86. The summed E-state index contributed by atoms with van der Waals surface area (Å²) in [7, 11) is 0. The van der Waals surface area contributed by atoms with Gasteiger partial charge >= 0.3 is 0 Å². The Hall–Kier alpha value is -0.0400. The Kier molecular flexibility index (Phi) is 3.56. The standard InChI is InChI=1S/C10H23N/c1-6-7-9(2,3)8-10(4,5)11/h6-8,11H2,1-5H3. The maximum absolute atomic E-state index is 5.95. The molecule has 0 aromatic rings. The van der Waals surface area contributed by atoms with E-state index >= 15 is 0 Å². The molecule has 0 saturated heterocycles. The number of hydrogen-bond acceptors (Lipinski definition) is 1. The van der Waals surface area contributed by atoms with Gasteiger partial charge in [-0.3, -0.25) is 0 Å². The minimum absolute atomic E-state index is 0.0152. The summed E-state index contributed by atoms with van der Waals surface area (Å²) in [5.41, 5.74) is 6.35. The van der Waals surface area contributed by atoms with Crippen molar-refractivity contribution >= 4 is 0 Å². The van der Waals surface area contributed by atoms with Crippen molar-refractivity contribution in [2.75, 3.05) is 0 Å². The summed E-state index contributed by atoms with van der Waals surface area (Å²) < 4.78 is 0. The van der Waals surface area contributed by atoms with E-state index in [1.54, 1.807) is 0 Å². The van der Waals surface area contributed by atoms with Crippen LogP contribution >= 0.6 is 0 Å². The Bertz CT molecular complexity index is 109. The molecule has 0 fully saturated rings. The van der Waals surface area contributed by atoms with Gasteiger partial charge in [0, 0.05) is 5.54 Å². The molecule has 0 aromatic heterocycles. The largest absolute Gasteiger partial charge is 0.326 e. The molecular weight excluding hydrogens is 134 g/mol. The molecule has 0 bridgehead atoms. The molecule has 0 unspecified atom stereocenters. The normalized spacial score (nSPS) is 13.6. The van der Waals surface area contributed by atoms with Crippen molar-refractivity contribution < 1.29 is 0 Å². The van der Waals surface area contributed by atoms with Gasteiger partial charge in [-0.1, -0.05) is 27.2 Å². The molecule has 2 N–H and O–H groups in total. The molecule has 1 heteroatoms. The van der Waals surface area contributed by atoms with E-state index in [1.807, 2.05) is 0 Å². The first-order valence-electron chi connectivity index (χ1n) is 4.56. The predicted molar refractivity (Wildman–Crippen MR) is 51.6 cm³/mol. The maximum Gasteiger partial charge on any atom is 0.0102 e. The lowest BCUT2D eigenvalue weighted by molar-refractivity contribution is 0.239. The Labute approximate surface area is 71.4 Å². The Morgan fingerprint density at radius 2 is 1.55 bits per heavy atom. The average molecular weight is 157 g/mol. The lowest BCUT2D eigenvalue weighted by Gasteiger charge is -2.32. The van der Waals surface area contributed by atoms with Crippen molar-refractivity contribution in [2.24, 2.45) is 11.1 Å². The first-order valence-corrected chi connectivity index (χ1v) is 4.56. The highest BCUT2D eigenvalue weighted by molar-refractivity contribution is 4.81. The van der Waals surface area contributed by atoms with Gasteiger partial charge in [0.25, 0.3) is 0 Å². The number of nitrogens with two attached hydrogens (primary N) is 1. The molecular formula is C10H23N. The Balaban J connectivity index is 3.91. The molecule has 11 heavy (non-hydrogen) atoms. The third kappa shape index (κ3) is 6.36. The van der Waals surface area contributed by atoms with Crippen LogP contribution in [0, 0.1) is 5.41 Å². The van der Waals surface area contributed by atoms with Crippen molar-refractivity contribution in [1.82, 2.24) is 0 Å². The lowest BCUT2D eigenvalue weighted by atomic mass is 9.77. The number of rotatable bonds is 4. The van der Waals surface area contributed by atoms with Crippen LogP contribution in [-0.2, 0) is 0 Å². The van der Waals surface area contributed by atoms with E-state index in [1.165, 1.54) is 12.8 Å². The summed E-state index contributed by atoms with van der Waals surface area (Å²) in [4.78, 5) is 0. The van der Waals surface area contributed by atoms with Crippen LogP contribution in [0.2, 0.25) is 0 Å². The second-order valence-electron chi connectivity index (χ2n) is 5.08. The van der Waals surface area contributed by atoms with Crippen LogP contribution < -0.4 is 5.73 Å². The molecule has 0 aliphatic rings. The first-order chi connectivity index (χ1) is 4.77. The van der Waals surface area contributed by atoms with E-state index in [0.29, 0.717) is 5.41 Å². The fraction of sp³-hybridized carbons (Fsp3) is 1.00. The van der Waals surface area contributed by atoms with Gasteiger partial charge in [-0.25, -0.2) is 0 Å². The van der Waals surface area contributed by atoms with Gasteiger partial charge in [-0.15, -0.1) is 0 Å². The quantitative estimate of drug-likeness (QED) is 0.667. The van der Waals surface area contributed by atoms with Gasteiger partial charge in [-0.2, -0.15) is 0 Å². The molecule has 0 aliphatic heterocycles. The fourth-order valence-electron chi connectivity index (χ4n) is 2.00. The van der Waals surface area contributed by atoms with Gasteiger partial charge in [0.15, 0.2) is 0 Å². The van der Waals surface area contributed by atoms with Crippen molar-refractivity contribution in [2.45, 2.75) is 59.4 Å². The van der Waals surface area contributed by atoms with Gasteiger partial charge in [0.2, 0.25) is 0 Å². The fourth-order valence-corrected chi connectivity index (χ4v) is 2.00. The van der Waals surface area contributed by atoms with Crippen LogP contribution in [0.15, 0.2) is 0 Å². The first kappa shape index (κ1) is 11.0. The van der Waals surface area contributed by atoms with Crippen LogP contribution in [0.25, 0.3) is 0 Å². The van der Waals surface area contributed by atoms with Gasteiger partial charge in [-0.05, 0) is 32.1 Å². The summed E-state index contributed by atoms with van der Waals surface area (Å²) in [6.07, 6.45) is 3.63. The van der Waals surface area contributed by atoms with Crippen molar-refractivity contribution in [1.29, 1.82) is 0 Å². The number of hydrogen-bond donors (Lipinski definition) is 1. The monoisotopic (exact) mass is 157 g/mol. The highest BCUT2D eigenvalue weighted by Crippen LogP contribution is 2.30. The highest BCUT2D eigenvalue weighted by atomic mass is 14.7. The molecule has 0 rings (SSSR count). The van der Waals surface area contributed by atoms with E-state index < -0.39 is 0 Å². The third-order valence-corrected chi connectivity index (χ3v) is 1.86. The summed E-state index contributed by atoms with van der Waals surface area (Å²) in [6.45, 7) is 11.0. The minimum Gasteiger partial charge on any atom is -0.326 e. The van der Waals surface area contributed by atoms with Gasteiger partial charge in [0.05, 0.1) is 0 Å². The SMILES string of the molecule is CCCC(C)(C)CC(C)(C)N. The summed E-state index contributed by atoms with van der Waals surface area (Å²) in [6, 6.07) is 0. The maximum atomic E-state index is 5.95. The molecule has 0 saturated carbocycles. The van der Waals surface area contributed by atoms with Gasteiger partial charge < -0.3 is 5.73 Å². The zero-order valence-corrected chi connectivity index (χ0v) is 8.70. The van der Waals surface area contributed by atoms with Crippen molar-refractivity contribution in [3.8, 4) is 0 Å². The highest BCUT2D eigenvalue weighted by Gasteiger charge is 2.24. The van der Waals surface area contributed by atoms with E-state index in [-0.39, 0.29) is 5.54 Å². The zero-order valence-electron chi connectivity index (χ0n) is 8.70. The van der Waals surface area contributed by atoms with Crippen LogP contribution in [0.4, 0.5) is 0 Å². The molecule has 1 nitrogen and oxygen atoms in total. The second kappa shape index (κ2) is 3.57. The van der Waals surface area contributed by atoms with E-state index in [4.69, 9.17) is 5.73 Å². The Morgan fingerprint density at radius 1 is 1.09 bits per heavy atom. The van der Waals surface area contributed by atoms with Crippen LogP contribution in [-0.4, -0.2) is 5.54 Å². The zero-order chi connectivity index (χ0) is 9.12. The minimum atomic E-state index is -0.0152. The molecule has 0 aliphatic carbocycles. The Morgan fingerprint density at radius 3 is 1.82 bits per heavy atom. The average Bonchev–Trinajstić information content (AvgIpc) is 1.55. The smallest absolute Gasteiger partial charge is 0.0102 e. The topological polar surface area (TPSA) is 26.0 Å². The van der Waals surface area contributed by atoms with Crippen LogP contribution in [0.5, 0.6) is 0 Å². The van der Waals surface area contributed by atoms with E-state index in [2.05, 4.69) is 34.6 Å². The predicted octanol–water partition coefficient (Wildman–Crippen LogP) is 2.94. The summed E-state index contributed by atoms with van der Waals surface area (Å²) in [5.74, 6) is 0. The van der Waals surface area contributed by atoms with E-state index in [9.17, 15) is 0 Å². The molecule has 0 aromatic carbocycles. The van der Waals surface area contributed by atoms with Crippen molar-refractivity contribution in [3.05, 3.63) is 0 Å². The van der Waals surface area contributed by atoms with Crippen LogP contribution in [0.3, 0.4) is 0 Å². The molecule has 0 atom stereocenters.